The minimum atomic E-state index is -0.583. The molecular weight excluding hydrogens is 370 g/mol. The number of carbonyl (C=O) groups is 2. The Kier molecular flexibility index (Phi) is 7.30. The van der Waals surface area contributed by atoms with E-state index >= 15 is 0 Å². The average Bonchev–Trinajstić information content (AvgIpc) is 2.61. The van der Waals surface area contributed by atoms with E-state index in [2.05, 4.69) is 5.32 Å². The van der Waals surface area contributed by atoms with Crippen molar-refractivity contribution >= 4 is 47.0 Å². The van der Waals surface area contributed by atoms with Crippen molar-refractivity contribution in [1.29, 1.82) is 0 Å². The molecule has 0 unspecified atom stereocenters. The van der Waals surface area contributed by atoms with Crippen molar-refractivity contribution in [2.24, 2.45) is 0 Å². The Morgan fingerprint density at radius 3 is 2.50 bits per heavy atom. The Morgan fingerprint density at radius 1 is 1.19 bits per heavy atom. The number of benzene rings is 2. The van der Waals surface area contributed by atoms with Crippen LogP contribution in [0.3, 0.4) is 0 Å². The Morgan fingerprint density at radius 2 is 1.88 bits per heavy atom. The summed E-state index contributed by atoms with van der Waals surface area (Å²) >= 11 is 7.79. The van der Waals surface area contributed by atoms with E-state index < -0.39 is 11.9 Å². The highest BCUT2D eigenvalue weighted by Gasteiger charge is 2.11. The molecule has 0 heterocycles. The SMILES string of the molecule is CSc1ccc(/C=C/C(=O)OCC(=O)Nc2c(C)cc(C)cc2Cl)cc1. The van der Waals surface area contributed by atoms with Crippen LogP contribution in [0.15, 0.2) is 47.4 Å². The first-order chi connectivity index (χ1) is 12.4. The average molecular weight is 390 g/mol. The summed E-state index contributed by atoms with van der Waals surface area (Å²) in [5.74, 6) is -1.02. The fraction of sp³-hybridized carbons (Fsp3) is 0.200. The summed E-state index contributed by atoms with van der Waals surface area (Å²) in [5.41, 5.74) is 3.27. The monoisotopic (exact) mass is 389 g/mol. The maximum atomic E-state index is 12.0. The third-order valence-corrected chi connectivity index (χ3v) is 4.61. The molecule has 0 saturated heterocycles. The van der Waals surface area contributed by atoms with Crippen LogP contribution in [0.1, 0.15) is 16.7 Å². The standard InChI is InChI=1S/C20H20ClNO3S/c1-13-10-14(2)20(17(21)11-13)22-18(23)12-25-19(24)9-6-15-4-7-16(26-3)8-5-15/h4-11H,12H2,1-3H3,(H,22,23)/b9-6+. The van der Waals surface area contributed by atoms with Crippen molar-refractivity contribution < 1.29 is 14.3 Å². The van der Waals surface area contributed by atoms with Gasteiger partial charge in [0.1, 0.15) is 0 Å². The number of aryl methyl sites for hydroxylation is 2. The molecule has 6 heteroatoms. The van der Waals surface area contributed by atoms with Crippen LogP contribution in [0, 0.1) is 13.8 Å². The number of amides is 1. The zero-order valence-corrected chi connectivity index (χ0v) is 16.4. The summed E-state index contributed by atoms with van der Waals surface area (Å²) < 4.78 is 4.96. The molecule has 1 amide bonds. The van der Waals surface area contributed by atoms with Crippen molar-refractivity contribution in [3.63, 3.8) is 0 Å². The smallest absolute Gasteiger partial charge is 0.331 e. The second kappa shape index (κ2) is 9.46. The first kappa shape index (κ1) is 20.1. The van der Waals surface area contributed by atoms with Crippen LogP contribution in [-0.4, -0.2) is 24.7 Å². The molecule has 0 spiro atoms. The maximum Gasteiger partial charge on any atom is 0.331 e. The first-order valence-corrected chi connectivity index (χ1v) is 9.55. The highest BCUT2D eigenvalue weighted by molar-refractivity contribution is 7.98. The van der Waals surface area contributed by atoms with Gasteiger partial charge in [0.25, 0.3) is 5.91 Å². The third-order valence-electron chi connectivity index (χ3n) is 3.57. The van der Waals surface area contributed by atoms with Crippen LogP contribution in [0.2, 0.25) is 5.02 Å². The van der Waals surface area contributed by atoms with E-state index in [1.165, 1.54) is 6.08 Å². The molecule has 1 N–H and O–H groups in total. The molecule has 2 rings (SSSR count). The highest BCUT2D eigenvalue weighted by Crippen LogP contribution is 2.27. The molecule has 4 nitrogen and oxygen atoms in total. The lowest BCUT2D eigenvalue weighted by atomic mass is 10.1. The molecule has 136 valence electrons. The van der Waals surface area contributed by atoms with E-state index in [0.717, 1.165) is 21.6 Å². The molecule has 0 aliphatic rings. The second-order valence-corrected chi connectivity index (χ2v) is 6.99. The molecule has 0 saturated carbocycles. The van der Waals surface area contributed by atoms with Crippen LogP contribution in [0.25, 0.3) is 6.08 Å². The molecule has 26 heavy (non-hydrogen) atoms. The Balaban J connectivity index is 1.86. The topological polar surface area (TPSA) is 55.4 Å². The van der Waals surface area contributed by atoms with Crippen LogP contribution >= 0.6 is 23.4 Å². The molecule has 0 fully saturated rings. The van der Waals surface area contributed by atoms with Crippen LogP contribution in [-0.2, 0) is 14.3 Å². The number of ether oxygens (including phenoxy) is 1. The fourth-order valence-corrected chi connectivity index (χ4v) is 3.09. The Bertz CT molecular complexity index is 808. The molecule has 0 aliphatic heterocycles. The van der Waals surface area contributed by atoms with E-state index in [-0.39, 0.29) is 6.61 Å². The summed E-state index contributed by atoms with van der Waals surface area (Å²) in [7, 11) is 0. The van der Waals surface area contributed by atoms with Crippen LogP contribution in [0.5, 0.6) is 0 Å². The number of hydrogen-bond acceptors (Lipinski definition) is 4. The van der Waals surface area contributed by atoms with Gasteiger partial charge in [0.2, 0.25) is 0 Å². The van der Waals surface area contributed by atoms with Crippen molar-refractivity contribution in [1.82, 2.24) is 0 Å². The quantitative estimate of drug-likeness (QED) is 0.435. The lowest BCUT2D eigenvalue weighted by molar-refractivity contribution is -0.142. The van der Waals surface area contributed by atoms with Gasteiger partial charge in [-0.25, -0.2) is 4.79 Å². The summed E-state index contributed by atoms with van der Waals surface area (Å²) in [6.07, 6.45) is 4.94. The van der Waals surface area contributed by atoms with Gasteiger partial charge >= 0.3 is 5.97 Å². The van der Waals surface area contributed by atoms with Gasteiger partial charge in [-0.2, -0.15) is 0 Å². The van der Waals surface area contributed by atoms with Gasteiger partial charge in [0.15, 0.2) is 6.61 Å². The van der Waals surface area contributed by atoms with Crippen molar-refractivity contribution in [3.8, 4) is 0 Å². The zero-order valence-electron chi connectivity index (χ0n) is 14.8. The van der Waals surface area contributed by atoms with Gasteiger partial charge in [0.05, 0.1) is 10.7 Å². The van der Waals surface area contributed by atoms with Gasteiger partial charge in [-0.1, -0.05) is 29.8 Å². The largest absolute Gasteiger partial charge is 0.452 e. The van der Waals surface area contributed by atoms with Crippen molar-refractivity contribution in [2.75, 3.05) is 18.2 Å². The lowest BCUT2D eigenvalue weighted by Crippen LogP contribution is -2.20. The predicted molar refractivity (Wildman–Crippen MR) is 108 cm³/mol. The Hall–Kier alpha value is -2.24. The number of nitrogens with one attached hydrogen (secondary N) is 1. The highest BCUT2D eigenvalue weighted by atomic mass is 35.5. The number of halogens is 1. The second-order valence-electron chi connectivity index (χ2n) is 5.70. The minimum absolute atomic E-state index is 0.377. The van der Waals surface area contributed by atoms with E-state index in [1.54, 1.807) is 23.9 Å². The van der Waals surface area contributed by atoms with Gasteiger partial charge in [0, 0.05) is 11.0 Å². The summed E-state index contributed by atoms with van der Waals surface area (Å²) in [6.45, 7) is 3.40. The van der Waals surface area contributed by atoms with Gasteiger partial charge < -0.3 is 10.1 Å². The molecule has 0 aromatic heterocycles. The number of thioether (sulfide) groups is 1. The maximum absolute atomic E-state index is 12.0. The summed E-state index contributed by atoms with van der Waals surface area (Å²) in [4.78, 5) is 24.9. The van der Waals surface area contributed by atoms with E-state index in [0.29, 0.717) is 10.7 Å². The molecule has 0 aliphatic carbocycles. The normalized spacial score (nSPS) is 10.8. The zero-order chi connectivity index (χ0) is 19.1. The third kappa shape index (κ3) is 5.93. The lowest BCUT2D eigenvalue weighted by Gasteiger charge is -2.11. The molecule has 0 radical (unpaired) electrons. The molecule has 0 bridgehead atoms. The fourth-order valence-electron chi connectivity index (χ4n) is 2.31. The van der Waals surface area contributed by atoms with Gasteiger partial charge in [-0.05, 0) is 61.1 Å². The number of anilines is 1. The number of carbonyl (C=O) groups excluding carboxylic acids is 2. The van der Waals surface area contributed by atoms with Crippen molar-refractivity contribution in [2.45, 2.75) is 18.7 Å². The minimum Gasteiger partial charge on any atom is -0.452 e. The first-order valence-electron chi connectivity index (χ1n) is 7.94. The van der Waals surface area contributed by atoms with Gasteiger partial charge in [-0.15, -0.1) is 11.8 Å². The number of rotatable bonds is 6. The Labute approximate surface area is 162 Å². The van der Waals surface area contributed by atoms with E-state index in [9.17, 15) is 9.59 Å². The number of hydrogen-bond donors (Lipinski definition) is 1. The molecule has 2 aromatic rings. The molecular formula is C20H20ClNO3S. The summed E-state index contributed by atoms with van der Waals surface area (Å²) in [6, 6.07) is 11.4. The predicted octanol–water partition coefficient (Wildman–Crippen LogP) is 4.87. The van der Waals surface area contributed by atoms with Crippen LogP contribution < -0.4 is 5.32 Å². The van der Waals surface area contributed by atoms with Crippen LogP contribution in [0.4, 0.5) is 5.69 Å². The summed E-state index contributed by atoms with van der Waals surface area (Å²) in [5, 5.41) is 3.13. The van der Waals surface area contributed by atoms with Crippen molar-refractivity contribution in [3.05, 3.63) is 64.2 Å². The molecule has 0 atom stereocenters. The van der Waals surface area contributed by atoms with E-state index in [1.807, 2.05) is 50.4 Å². The van der Waals surface area contributed by atoms with Gasteiger partial charge in [-0.3, -0.25) is 4.79 Å². The van der Waals surface area contributed by atoms with E-state index in [4.69, 9.17) is 16.3 Å². The number of esters is 1. The molecule has 2 aromatic carbocycles.